The highest BCUT2D eigenvalue weighted by Crippen LogP contribution is 2.35. The number of ether oxygens (including phenoxy) is 2. The van der Waals surface area contributed by atoms with Crippen LogP contribution < -0.4 is 0 Å². The van der Waals surface area contributed by atoms with Gasteiger partial charge in [-0.1, -0.05) is 0 Å². The third kappa shape index (κ3) is 2.01. The average Bonchev–Trinajstić information content (AvgIpc) is 2.59. The molecule has 0 N–H and O–H groups in total. The largest absolute Gasteiger partial charge is 0.373 e. The number of hydrogen-bond acceptors (Lipinski definition) is 5. The zero-order chi connectivity index (χ0) is 9.53. The molecule has 2 aliphatic heterocycles. The summed E-state index contributed by atoms with van der Waals surface area (Å²) in [5.74, 6) is 0. The molecular formula is C7H12O5S. The monoisotopic (exact) mass is 208 g/mol. The van der Waals surface area contributed by atoms with Gasteiger partial charge in [0, 0.05) is 6.42 Å². The van der Waals surface area contributed by atoms with Gasteiger partial charge in [-0.25, -0.2) is 0 Å². The van der Waals surface area contributed by atoms with Gasteiger partial charge in [0.15, 0.2) is 0 Å². The fourth-order valence-corrected chi connectivity index (χ4v) is 2.07. The van der Waals surface area contributed by atoms with Gasteiger partial charge in [0.2, 0.25) is 0 Å². The van der Waals surface area contributed by atoms with E-state index in [4.69, 9.17) is 13.7 Å². The van der Waals surface area contributed by atoms with Crippen molar-refractivity contribution in [1.82, 2.24) is 0 Å². The van der Waals surface area contributed by atoms with E-state index in [0.717, 1.165) is 12.7 Å². The summed E-state index contributed by atoms with van der Waals surface area (Å²) in [7, 11) is -3.38. The highest BCUT2D eigenvalue weighted by Gasteiger charge is 2.48. The van der Waals surface area contributed by atoms with Gasteiger partial charge in [-0.3, -0.25) is 4.18 Å². The summed E-state index contributed by atoms with van der Waals surface area (Å²) in [4.78, 5) is 0. The van der Waals surface area contributed by atoms with E-state index in [1.165, 1.54) is 0 Å². The van der Waals surface area contributed by atoms with Gasteiger partial charge in [0.1, 0.15) is 5.60 Å². The zero-order valence-corrected chi connectivity index (χ0v) is 8.17. The second-order valence-corrected chi connectivity index (χ2v) is 5.24. The third-order valence-electron chi connectivity index (χ3n) is 2.29. The number of rotatable bonds is 3. The van der Waals surface area contributed by atoms with Crippen molar-refractivity contribution in [2.24, 2.45) is 0 Å². The summed E-state index contributed by atoms with van der Waals surface area (Å²) in [5, 5.41) is 0. The van der Waals surface area contributed by atoms with Crippen LogP contribution in [0.4, 0.5) is 0 Å². The SMILES string of the molecule is CS(=O)(=O)OCC12COC(CO1)C2. The molecule has 0 aromatic rings. The molecular weight excluding hydrogens is 196 g/mol. The molecule has 5 nitrogen and oxygen atoms in total. The molecule has 0 aromatic heterocycles. The number of hydrogen-bond donors (Lipinski definition) is 0. The predicted molar refractivity (Wildman–Crippen MR) is 43.8 cm³/mol. The summed E-state index contributed by atoms with van der Waals surface area (Å²) >= 11 is 0. The quantitative estimate of drug-likeness (QED) is 0.586. The van der Waals surface area contributed by atoms with E-state index in [9.17, 15) is 8.42 Å². The van der Waals surface area contributed by atoms with E-state index in [1.54, 1.807) is 0 Å². The molecule has 2 unspecified atom stereocenters. The lowest BCUT2D eigenvalue weighted by Crippen LogP contribution is -2.38. The molecule has 0 aliphatic carbocycles. The van der Waals surface area contributed by atoms with Gasteiger partial charge in [-0.15, -0.1) is 0 Å². The van der Waals surface area contributed by atoms with Gasteiger partial charge < -0.3 is 9.47 Å². The molecule has 0 radical (unpaired) electrons. The Balaban J connectivity index is 1.95. The van der Waals surface area contributed by atoms with Crippen molar-refractivity contribution < 1.29 is 22.1 Å². The van der Waals surface area contributed by atoms with Crippen molar-refractivity contribution >= 4 is 10.1 Å². The molecule has 2 saturated heterocycles. The standard InChI is InChI=1S/C7H12O5S/c1-13(8,9)12-5-7-2-6(3-11-7)10-4-7/h6H,2-5H2,1H3. The van der Waals surface area contributed by atoms with Gasteiger partial charge in [-0.2, -0.15) is 8.42 Å². The summed E-state index contributed by atoms with van der Waals surface area (Å²) in [6, 6.07) is 0. The van der Waals surface area contributed by atoms with Crippen LogP contribution in [0, 0.1) is 0 Å². The Labute approximate surface area is 77.1 Å². The molecule has 2 bridgehead atoms. The van der Waals surface area contributed by atoms with Crippen molar-refractivity contribution in [3.63, 3.8) is 0 Å². The maximum atomic E-state index is 10.7. The van der Waals surface area contributed by atoms with E-state index in [1.807, 2.05) is 0 Å². The lowest BCUT2D eigenvalue weighted by molar-refractivity contribution is -0.109. The average molecular weight is 208 g/mol. The Bertz CT molecular complexity index is 288. The van der Waals surface area contributed by atoms with E-state index in [-0.39, 0.29) is 12.7 Å². The summed E-state index contributed by atoms with van der Waals surface area (Å²) in [6.45, 7) is 1.06. The fraction of sp³-hybridized carbons (Fsp3) is 1.00. The van der Waals surface area contributed by atoms with Gasteiger partial charge in [0.05, 0.1) is 32.2 Å². The van der Waals surface area contributed by atoms with Crippen LogP contribution in [0.15, 0.2) is 0 Å². The highest BCUT2D eigenvalue weighted by atomic mass is 32.2. The Hall–Kier alpha value is -0.170. The number of fused-ring (bicyclic) bond motifs is 2. The molecule has 6 heteroatoms. The van der Waals surface area contributed by atoms with Gasteiger partial charge in [0.25, 0.3) is 10.1 Å². The first-order valence-electron chi connectivity index (χ1n) is 4.09. The van der Waals surface area contributed by atoms with Crippen LogP contribution in [0.3, 0.4) is 0 Å². The molecule has 0 saturated carbocycles. The van der Waals surface area contributed by atoms with E-state index >= 15 is 0 Å². The minimum Gasteiger partial charge on any atom is -0.373 e. The fourth-order valence-electron chi connectivity index (χ4n) is 1.64. The Kier molecular flexibility index (Phi) is 2.10. The van der Waals surface area contributed by atoms with Crippen LogP contribution in [0.5, 0.6) is 0 Å². The van der Waals surface area contributed by atoms with Crippen LogP contribution in [0.25, 0.3) is 0 Å². The van der Waals surface area contributed by atoms with Crippen LogP contribution in [0.2, 0.25) is 0 Å². The smallest absolute Gasteiger partial charge is 0.264 e. The van der Waals surface area contributed by atoms with Crippen LogP contribution in [-0.2, 0) is 23.8 Å². The first-order valence-corrected chi connectivity index (χ1v) is 5.91. The van der Waals surface area contributed by atoms with Crippen molar-refractivity contribution in [2.75, 3.05) is 26.1 Å². The Morgan fingerprint density at radius 2 is 2.38 bits per heavy atom. The van der Waals surface area contributed by atoms with E-state index < -0.39 is 15.7 Å². The predicted octanol–water partition coefficient (Wildman–Crippen LogP) is -0.480. The summed E-state index contributed by atoms with van der Waals surface area (Å²) < 4.78 is 36.9. The minimum absolute atomic E-state index is 0.0718. The van der Waals surface area contributed by atoms with Crippen molar-refractivity contribution in [3.05, 3.63) is 0 Å². The lowest BCUT2D eigenvalue weighted by Gasteiger charge is -2.24. The highest BCUT2D eigenvalue weighted by molar-refractivity contribution is 7.85. The van der Waals surface area contributed by atoms with E-state index in [2.05, 4.69) is 0 Å². The first-order chi connectivity index (χ1) is 5.99. The van der Waals surface area contributed by atoms with Crippen LogP contribution in [0.1, 0.15) is 6.42 Å². The Morgan fingerprint density at radius 3 is 2.77 bits per heavy atom. The molecule has 0 aromatic carbocycles. The third-order valence-corrected chi connectivity index (χ3v) is 2.84. The van der Waals surface area contributed by atoms with Crippen LogP contribution >= 0.6 is 0 Å². The van der Waals surface area contributed by atoms with E-state index in [0.29, 0.717) is 13.2 Å². The maximum Gasteiger partial charge on any atom is 0.264 e. The normalized spacial score (nSPS) is 38.4. The Morgan fingerprint density at radius 1 is 1.62 bits per heavy atom. The van der Waals surface area contributed by atoms with Crippen molar-refractivity contribution in [3.8, 4) is 0 Å². The minimum atomic E-state index is -3.38. The molecule has 13 heavy (non-hydrogen) atoms. The first kappa shape index (κ1) is 9.39. The molecule has 2 heterocycles. The van der Waals surface area contributed by atoms with Crippen LogP contribution in [-0.4, -0.2) is 46.2 Å². The summed E-state index contributed by atoms with van der Waals surface area (Å²) in [6.07, 6.45) is 1.90. The van der Waals surface area contributed by atoms with Gasteiger partial charge >= 0.3 is 0 Å². The second kappa shape index (κ2) is 2.91. The lowest BCUT2D eigenvalue weighted by atomic mass is 10.1. The molecule has 2 rings (SSSR count). The molecule has 0 spiro atoms. The summed E-state index contributed by atoms with van der Waals surface area (Å²) in [5.41, 5.74) is -0.506. The zero-order valence-electron chi connectivity index (χ0n) is 7.36. The van der Waals surface area contributed by atoms with Crippen molar-refractivity contribution in [1.29, 1.82) is 0 Å². The molecule has 2 fully saturated rings. The topological polar surface area (TPSA) is 61.8 Å². The second-order valence-electron chi connectivity index (χ2n) is 3.60. The maximum absolute atomic E-state index is 10.7. The molecule has 76 valence electrons. The van der Waals surface area contributed by atoms with Crippen molar-refractivity contribution in [2.45, 2.75) is 18.1 Å². The van der Waals surface area contributed by atoms with Gasteiger partial charge in [-0.05, 0) is 0 Å². The molecule has 2 atom stereocenters. The molecule has 0 amide bonds. The molecule has 2 aliphatic rings.